The van der Waals surface area contributed by atoms with Crippen molar-refractivity contribution in [1.82, 2.24) is 15.5 Å². The largest absolute Gasteiger partial charge is 0.508 e. The maximum atomic E-state index is 9.60. The van der Waals surface area contributed by atoms with Gasteiger partial charge in [0, 0.05) is 36.7 Å². The zero-order valence-corrected chi connectivity index (χ0v) is 18.0. The fourth-order valence-corrected chi connectivity index (χ4v) is 3.69. The number of nitrogens with zero attached hydrogens (tertiary/aromatic N) is 2. The SMILES string of the molecule is CCNC(=NCc1cccc(O)c1)NC1CCN(Cc2ccc(Br)cc2)CC1. The smallest absolute Gasteiger partial charge is 0.191 e. The minimum atomic E-state index is 0.281. The van der Waals surface area contributed by atoms with Crippen molar-refractivity contribution in [3.8, 4) is 5.75 Å². The van der Waals surface area contributed by atoms with Crippen molar-refractivity contribution in [3.05, 3.63) is 64.1 Å². The van der Waals surface area contributed by atoms with E-state index in [2.05, 4.69) is 67.6 Å². The van der Waals surface area contributed by atoms with E-state index in [1.165, 1.54) is 5.56 Å². The quantitative estimate of drug-likeness (QED) is 0.467. The highest BCUT2D eigenvalue weighted by atomic mass is 79.9. The van der Waals surface area contributed by atoms with Crippen molar-refractivity contribution in [3.63, 3.8) is 0 Å². The highest BCUT2D eigenvalue weighted by Crippen LogP contribution is 2.16. The molecule has 2 aromatic rings. The lowest BCUT2D eigenvalue weighted by Crippen LogP contribution is -2.48. The molecule has 0 amide bonds. The third kappa shape index (κ3) is 6.53. The maximum Gasteiger partial charge on any atom is 0.191 e. The van der Waals surface area contributed by atoms with E-state index in [-0.39, 0.29) is 5.75 Å². The molecule has 0 aromatic heterocycles. The van der Waals surface area contributed by atoms with Crippen molar-refractivity contribution >= 4 is 21.9 Å². The van der Waals surface area contributed by atoms with Gasteiger partial charge < -0.3 is 15.7 Å². The van der Waals surface area contributed by atoms with Gasteiger partial charge in [-0.1, -0.05) is 40.2 Å². The Labute approximate surface area is 176 Å². The van der Waals surface area contributed by atoms with E-state index < -0.39 is 0 Å². The molecule has 1 fully saturated rings. The topological polar surface area (TPSA) is 59.9 Å². The highest BCUT2D eigenvalue weighted by Gasteiger charge is 2.20. The Morgan fingerprint density at radius 1 is 1.14 bits per heavy atom. The van der Waals surface area contributed by atoms with Crippen LogP contribution >= 0.6 is 15.9 Å². The summed E-state index contributed by atoms with van der Waals surface area (Å²) in [5.74, 6) is 1.13. The molecule has 0 atom stereocenters. The van der Waals surface area contributed by atoms with Crippen LogP contribution < -0.4 is 10.6 Å². The number of phenols is 1. The van der Waals surface area contributed by atoms with Crippen molar-refractivity contribution in [2.24, 2.45) is 4.99 Å². The van der Waals surface area contributed by atoms with Crippen LogP contribution in [0.25, 0.3) is 0 Å². The monoisotopic (exact) mass is 444 g/mol. The van der Waals surface area contributed by atoms with E-state index in [1.807, 2.05) is 12.1 Å². The summed E-state index contributed by atoms with van der Waals surface area (Å²) in [6.07, 6.45) is 2.21. The zero-order valence-electron chi connectivity index (χ0n) is 16.4. The molecule has 1 aliphatic heterocycles. The van der Waals surface area contributed by atoms with Gasteiger partial charge >= 0.3 is 0 Å². The van der Waals surface area contributed by atoms with Crippen LogP contribution in [-0.2, 0) is 13.1 Å². The lowest BCUT2D eigenvalue weighted by atomic mass is 10.0. The fourth-order valence-electron chi connectivity index (χ4n) is 3.42. The zero-order chi connectivity index (χ0) is 19.8. The van der Waals surface area contributed by atoms with E-state index >= 15 is 0 Å². The number of hydrogen-bond acceptors (Lipinski definition) is 3. The van der Waals surface area contributed by atoms with Crippen molar-refractivity contribution in [1.29, 1.82) is 0 Å². The molecule has 0 spiro atoms. The summed E-state index contributed by atoms with van der Waals surface area (Å²) in [5, 5.41) is 16.5. The molecule has 1 saturated heterocycles. The minimum Gasteiger partial charge on any atom is -0.508 e. The molecule has 28 heavy (non-hydrogen) atoms. The number of benzene rings is 2. The summed E-state index contributed by atoms with van der Waals surface area (Å²) >= 11 is 3.49. The van der Waals surface area contributed by atoms with Gasteiger partial charge in [0.1, 0.15) is 5.75 Å². The predicted molar refractivity (Wildman–Crippen MR) is 118 cm³/mol. The molecule has 5 nitrogen and oxygen atoms in total. The first-order valence-electron chi connectivity index (χ1n) is 9.92. The molecule has 0 saturated carbocycles. The first-order chi connectivity index (χ1) is 13.6. The number of piperidine rings is 1. The van der Waals surface area contributed by atoms with Crippen LogP contribution in [0.15, 0.2) is 58.0 Å². The third-order valence-corrected chi connectivity index (χ3v) is 5.45. The van der Waals surface area contributed by atoms with Gasteiger partial charge in [0.05, 0.1) is 6.54 Å². The van der Waals surface area contributed by atoms with Crippen LogP contribution in [0.3, 0.4) is 0 Å². The number of aliphatic imine (C=N–C) groups is 1. The van der Waals surface area contributed by atoms with Crippen molar-refractivity contribution in [2.75, 3.05) is 19.6 Å². The van der Waals surface area contributed by atoms with Gasteiger partial charge in [-0.15, -0.1) is 0 Å². The molecule has 0 radical (unpaired) electrons. The normalized spacial score (nSPS) is 16.1. The first kappa shape index (κ1) is 20.7. The van der Waals surface area contributed by atoms with Gasteiger partial charge in [-0.3, -0.25) is 4.90 Å². The number of nitrogens with one attached hydrogen (secondary N) is 2. The van der Waals surface area contributed by atoms with Crippen LogP contribution in [-0.4, -0.2) is 41.6 Å². The molecular formula is C22H29BrN4O. The van der Waals surface area contributed by atoms with Crippen LogP contribution in [0.2, 0.25) is 0 Å². The number of likely N-dealkylation sites (tertiary alicyclic amines) is 1. The summed E-state index contributed by atoms with van der Waals surface area (Å²) < 4.78 is 1.13. The van der Waals surface area contributed by atoms with E-state index in [4.69, 9.17) is 0 Å². The second-order valence-electron chi connectivity index (χ2n) is 7.19. The summed E-state index contributed by atoms with van der Waals surface area (Å²) in [7, 11) is 0. The second-order valence-corrected chi connectivity index (χ2v) is 8.10. The number of halogens is 1. The Bertz CT molecular complexity index is 770. The molecule has 3 N–H and O–H groups in total. The van der Waals surface area contributed by atoms with E-state index in [1.54, 1.807) is 12.1 Å². The Morgan fingerprint density at radius 3 is 2.57 bits per heavy atom. The van der Waals surface area contributed by atoms with Gasteiger partial charge in [0.2, 0.25) is 0 Å². The highest BCUT2D eigenvalue weighted by molar-refractivity contribution is 9.10. The van der Waals surface area contributed by atoms with Gasteiger partial charge in [-0.05, 0) is 55.2 Å². The van der Waals surface area contributed by atoms with E-state index in [0.717, 1.165) is 55.0 Å². The number of rotatable bonds is 6. The Kier molecular flexibility index (Phi) is 7.74. The summed E-state index contributed by atoms with van der Waals surface area (Å²) in [6.45, 7) is 6.62. The molecule has 1 heterocycles. The molecule has 150 valence electrons. The lowest BCUT2D eigenvalue weighted by molar-refractivity contribution is 0.198. The van der Waals surface area contributed by atoms with Crippen molar-refractivity contribution < 1.29 is 5.11 Å². The van der Waals surface area contributed by atoms with Crippen molar-refractivity contribution in [2.45, 2.75) is 38.9 Å². The van der Waals surface area contributed by atoms with Gasteiger partial charge in [-0.2, -0.15) is 0 Å². The van der Waals surface area contributed by atoms with Crippen LogP contribution in [0.4, 0.5) is 0 Å². The van der Waals surface area contributed by atoms with E-state index in [0.29, 0.717) is 12.6 Å². The molecule has 0 unspecified atom stereocenters. The first-order valence-corrected chi connectivity index (χ1v) is 10.7. The number of phenolic OH excluding ortho intramolecular Hbond substituents is 1. The number of guanidine groups is 1. The summed E-state index contributed by atoms with van der Waals surface area (Å²) in [4.78, 5) is 7.19. The van der Waals surface area contributed by atoms with Gasteiger partial charge in [0.15, 0.2) is 5.96 Å². The Balaban J connectivity index is 1.49. The van der Waals surface area contributed by atoms with Crippen LogP contribution in [0, 0.1) is 0 Å². The Hall–Kier alpha value is -2.05. The molecule has 6 heteroatoms. The molecule has 1 aliphatic rings. The summed E-state index contributed by atoms with van der Waals surface area (Å²) in [6, 6.07) is 16.3. The number of hydrogen-bond donors (Lipinski definition) is 3. The standard InChI is InChI=1S/C22H29BrN4O/c1-2-24-22(25-15-18-4-3-5-21(28)14-18)26-20-10-12-27(13-11-20)16-17-6-8-19(23)9-7-17/h3-9,14,20,28H,2,10-13,15-16H2,1H3,(H2,24,25,26). The lowest BCUT2D eigenvalue weighted by Gasteiger charge is -2.33. The molecule has 3 rings (SSSR count). The average Bonchev–Trinajstić information content (AvgIpc) is 2.70. The van der Waals surface area contributed by atoms with Gasteiger partial charge in [0.25, 0.3) is 0 Å². The molecular weight excluding hydrogens is 416 g/mol. The number of aromatic hydroxyl groups is 1. The average molecular weight is 445 g/mol. The fraction of sp³-hybridized carbons (Fsp3) is 0.409. The second kappa shape index (κ2) is 10.5. The Morgan fingerprint density at radius 2 is 1.89 bits per heavy atom. The maximum absolute atomic E-state index is 9.60. The predicted octanol–water partition coefficient (Wildman–Crippen LogP) is 3.87. The molecule has 0 aliphatic carbocycles. The van der Waals surface area contributed by atoms with Crippen LogP contribution in [0.1, 0.15) is 30.9 Å². The van der Waals surface area contributed by atoms with Crippen LogP contribution in [0.5, 0.6) is 5.75 Å². The summed E-state index contributed by atoms with van der Waals surface area (Å²) in [5.41, 5.74) is 2.36. The van der Waals surface area contributed by atoms with Gasteiger partial charge in [-0.25, -0.2) is 4.99 Å². The third-order valence-electron chi connectivity index (χ3n) is 4.92. The molecule has 0 bridgehead atoms. The minimum absolute atomic E-state index is 0.281. The van der Waals surface area contributed by atoms with E-state index in [9.17, 15) is 5.11 Å². The molecule has 2 aromatic carbocycles.